The molecule has 3 heteroatoms. The first-order valence-electron chi connectivity index (χ1n) is 5.73. The molecule has 1 aromatic carbocycles. The van der Waals surface area contributed by atoms with E-state index in [1.54, 1.807) is 6.92 Å². The molecule has 0 aliphatic rings. The zero-order valence-electron chi connectivity index (χ0n) is 10.9. The van der Waals surface area contributed by atoms with Crippen molar-refractivity contribution in [3.63, 3.8) is 0 Å². The van der Waals surface area contributed by atoms with Crippen molar-refractivity contribution < 1.29 is 14.6 Å². The van der Waals surface area contributed by atoms with Gasteiger partial charge >= 0.3 is 5.97 Å². The van der Waals surface area contributed by atoms with Crippen LogP contribution in [0.5, 0.6) is 0 Å². The zero-order chi connectivity index (χ0) is 13.8. The van der Waals surface area contributed by atoms with Gasteiger partial charge in [0.25, 0.3) is 0 Å². The number of aliphatic hydroxyl groups excluding tert-OH is 1. The second-order valence-corrected chi connectivity index (χ2v) is 3.55. The monoisotopic (exact) mass is 248 g/mol. The van der Waals surface area contributed by atoms with Gasteiger partial charge in [-0.1, -0.05) is 49.1 Å². The van der Waals surface area contributed by atoms with Crippen LogP contribution in [0.15, 0.2) is 48.6 Å². The molecule has 0 unspecified atom stereocenters. The average molecular weight is 248 g/mol. The molecule has 0 aliphatic heterocycles. The molecular formula is C15H20O3. The summed E-state index contributed by atoms with van der Waals surface area (Å²) < 4.78 is 4.46. The Bertz CT molecular complexity index is 380. The predicted octanol–water partition coefficient (Wildman–Crippen LogP) is 2.82. The summed E-state index contributed by atoms with van der Waals surface area (Å²) in [4.78, 5) is 10.5. The summed E-state index contributed by atoms with van der Waals surface area (Å²) in [5.41, 5.74) is 1.61. The summed E-state index contributed by atoms with van der Waals surface area (Å²) in [5.74, 6) is -0.455. The molecule has 98 valence electrons. The molecule has 0 aliphatic carbocycles. The molecule has 0 spiro atoms. The van der Waals surface area contributed by atoms with Crippen LogP contribution in [-0.4, -0.2) is 24.3 Å². The lowest BCUT2D eigenvalue weighted by Crippen LogP contribution is -2.08. The predicted molar refractivity (Wildman–Crippen MR) is 74.0 cm³/mol. The second kappa shape index (κ2) is 10.3. The van der Waals surface area contributed by atoms with Gasteiger partial charge in [-0.15, -0.1) is 0 Å². The number of ether oxygens (including phenoxy) is 1. The number of carbonyl (C=O) groups is 1. The summed E-state index contributed by atoms with van der Waals surface area (Å²) in [6.45, 7) is 6.84. The van der Waals surface area contributed by atoms with E-state index in [0.717, 1.165) is 0 Å². The van der Waals surface area contributed by atoms with Gasteiger partial charge in [0, 0.05) is 5.57 Å². The van der Waals surface area contributed by atoms with Gasteiger partial charge in [-0.3, -0.25) is 0 Å². The van der Waals surface area contributed by atoms with Crippen LogP contribution < -0.4 is 0 Å². The van der Waals surface area contributed by atoms with Gasteiger partial charge in [-0.05, 0) is 19.4 Å². The quantitative estimate of drug-likeness (QED) is 0.658. The molecule has 0 radical (unpaired) electrons. The van der Waals surface area contributed by atoms with E-state index < -0.39 is 5.97 Å². The number of aliphatic hydroxyl groups is 1. The van der Waals surface area contributed by atoms with Crippen LogP contribution in [0, 0.1) is 0 Å². The molecule has 18 heavy (non-hydrogen) atoms. The number of benzene rings is 1. The molecule has 0 saturated carbocycles. The standard InChI is InChI=1S/C9H10.C6H10O3/c1-2-6-9-7-4-3-5-8-9;1-5(2)6(8)9-4-3-7/h2-8H,1H3;7H,1,3-4H2,2H3. The van der Waals surface area contributed by atoms with Gasteiger partial charge in [-0.25, -0.2) is 4.79 Å². The van der Waals surface area contributed by atoms with E-state index in [0.29, 0.717) is 5.57 Å². The first kappa shape index (κ1) is 16.1. The molecular weight excluding hydrogens is 228 g/mol. The smallest absolute Gasteiger partial charge is 0.333 e. The van der Waals surface area contributed by atoms with E-state index in [2.05, 4.69) is 29.5 Å². The lowest BCUT2D eigenvalue weighted by molar-refractivity contribution is -0.139. The highest BCUT2D eigenvalue weighted by Crippen LogP contribution is 1.99. The van der Waals surface area contributed by atoms with Crippen LogP contribution in [0.3, 0.4) is 0 Å². The highest BCUT2D eigenvalue weighted by molar-refractivity contribution is 5.86. The van der Waals surface area contributed by atoms with Crippen molar-refractivity contribution in [1.82, 2.24) is 0 Å². The third-order valence-electron chi connectivity index (χ3n) is 1.83. The van der Waals surface area contributed by atoms with Crippen molar-refractivity contribution in [2.24, 2.45) is 0 Å². The van der Waals surface area contributed by atoms with Crippen molar-refractivity contribution in [2.45, 2.75) is 13.8 Å². The first-order chi connectivity index (χ1) is 8.61. The molecule has 0 amide bonds. The Morgan fingerprint density at radius 1 is 1.39 bits per heavy atom. The fraction of sp³-hybridized carbons (Fsp3) is 0.267. The van der Waals surface area contributed by atoms with Gasteiger partial charge < -0.3 is 9.84 Å². The summed E-state index contributed by atoms with van der Waals surface area (Å²) in [6, 6.07) is 10.3. The van der Waals surface area contributed by atoms with E-state index in [4.69, 9.17) is 5.11 Å². The maximum atomic E-state index is 10.5. The minimum absolute atomic E-state index is 0.0473. The van der Waals surface area contributed by atoms with Gasteiger partial charge in [0.15, 0.2) is 0 Å². The molecule has 1 rings (SSSR count). The molecule has 0 saturated heterocycles. The number of esters is 1. The Hall–Kier alpha value is -1.87. The zero-order valence-corrected chi connectivity index (χ0v) is 10.9. The molecule has 1 aromatic rings. The number of allylic oxidation sites excluding steroid dienone is 1. The normalized spacial score (nSPS) is 9.50. The summed E-state index contributed by atoms with van der Waals surface area (Å²) in [6.07, 6.45) is 4.12. The Morgan fingerprint density at radius 2 is 2.00 bits per heavy atom. The average Bonchev–Trinajstić information content (AvgIpc) is 2.38. The number of hydrogen-bond acceptors (Lipinski definition) is 3. The third kappa shape index (κ3) is 8.30. The van der Waals surface area contributed by atoms with Crippen LogP contribution in [0.25, 0.3) is 6.08 Å². The maximum absolute atomic E-state index is 10.5. The van der Waals surface area contributed by atoms with Crippen molar-refractivity contribution >= 4 is 12.0 Å². The van der Waals surface area contributed by atoms with E-state index in [1.807, 2.05) is 31.2 Å². The summed E-state index contributed by atoms with van der Waals surface area (Å²) >= 11 is 0. The highest BCUT2D eigenvalue weighted by atomic mass is 16.5. The maximum Gasteiger partial charge on any atom is 0.333 e. The number of hydrogen-bond donors (Lipinski definition) is 1. The largest absolute Gasteiger partial charge is 0.460 e. The lowest BCUT2D eigenvalue weighted by atomic mass is 10.2. The Balaban J connectivity index is 0.000000321. The molecule has 0 aromatic heterocycles. The Labute approximate surface area is 108 Å². The van der Waals surface area contributed by atoms with Crippen molar-refractivity contribution in [3.05, 3.63) is 54.1 Å². The fourth-order valence-corrected chi connectivity index (χ4v) is 1.02. The minimum Gasteiger partial charge on any atom is -0.460 e. The topological polar surface area (TPSA) is 46.5 Å². The third-order valence-corrected chi connectivity index (χ3v) is 1.83. The summed E-state index contributed by atoms with van der Waals surface area (Å²) in [5, 5.41) is 8.19. The van der Waals surface area contributed by atoms with Gasteiger partial charge in [0.05, 0.1) is 6.61 Å². The van der Waals surface area contributed by atoms with Crippen LogP contribution in [0.4, 0.5) is 0 Å². The van der Waals surface area contributed by atoms with E-state index in [9.17, 15) is 4.79 Å². The highest BCUT2D eigenvalue weighted by Gasteiger charge is 1.99. The molecule has 3 nitrogen and oxygen atoms in total. The SMILES string of the molecule is C=C(C)C(=O)OCCO.CC=Cc1ccccc1. The molecule has 0 atom stereocenters. The van der Waals surface area contributed by atoms with E-state index >= 15 is 0 Å². The Morgan fingerprint density at radius 3 is 2.44 bits per heavy atom. The first-order valence-corrected chi connectivity index (χ1v) is 5.73. The van der Waals surface area contributed by atoms with Crippen LogP contribution in [-0.2, 0) is 9.53 Å². The summed E-state index contributed by atoms with van der Waals surface area (Å²) in [7, 11) is 0. The molecule has 1 N–H and O–H groups in total. The second-order valence-electron chi connectivity index (χ2n) is 3.55. The van der Waals surface area contributed by atoms with Gasteiger partial charge in [0.1, 0.15) is 6.61 Å². The van der Waals surface area contributed by atoms with Crippen molar-refractivity contribution in [2.75, 3.05) is 13.2 Å². The van der Waals surface area contributed by atoms with Crippen LogP contribution in [0.2, 0.25) is 0 Å². The molecule has 0 fully saturated rings. The Kier molecular flexibility index (Phi) is 9.23. The molecule has 0 bridgehead atoms. The van der Waals surface area contributed by atoms with E-state index in [-0.39, 0.29) is 13.2 Å². The van der Waals surface area contributed by atoms with E-state index in [1.165, 1.54) is 5.56 Å². The molecule has 0 heterocycles. The van der Waals surface area contributed by atoms with Gasteiger partial charge in [0.2, 0.25) is 0 Å². The van der Waals surface area contributed by atoms with Crippen molar-refractivity contribution in [1.29, 1.82) is 0 Å². The van der Waals surface area contributed by atoms with Crippen molar-refractivity contribution in [3.8, 4) is 0 Å². The number of rotatable bonds is 4. The lowest BCUT2D eigenvalue weighted by Gasteiger charge is -1.99. The minimum atomic E-state index is -0.455. The number of carbonyl (C=O) groups excluding carboxylic acids is 1. The van der Waals surface area contributed by atoms with Gasteiger partial charge in [-0.2, -0.15) is 0 Å². The van der Waals surface area contributed by atoms with Crippen LogP contribution in [0.1, 0.15) is 19.4 Å². The van der Waals surface area contributed by atoms with Crippen LogP contribution >= 0.6 is 0 Å². The fourth-order valence-electron chi connectivity index (χ4n) is 1.02.